The summed E-state index contributed by atoms with van der Waals surface area (Å²) >= 11 is 12.2. The number of carbonyl (C=O) groups excluding carboxylic acids is 1. The van der Waals surface area contributed by atoms with E-state index in [-0.39, 0.29) is 5.02 Å². The zero-order valence-electron chi connectivity index (χ0n) is 18.7. The number of anilines is 2. The quantitative estimate of drug-likeness (QED) is 0.323. The molecule has 1 saturated carbocycles. The highest BCUT2D eigenvalue weighted by Crippen LogP contribution is 2.35. The molecule has 34 heavy (non-hydrogen) atoms. The highest BCUT2D eigenvalue weighted by molar-refractivity contribution is 6.44. The molecule has 1 atom stereocenters. The summed E-state index contributed by atoms with van der Waals surface area (Å²) in [5.41, 5.74) is 2.78. The largest absolute Gasteiger partial charge is 0.481 e. The number of aliphatic carboxylic acids is 1. The van der Waals surface area contributed by atoms with Crippen LogP contribution in [-0.4, -0.2) is 26.9 Å². The number of nitrogens with zero attached hydrogens (tertiary/aromatic N) is 2. The number of urea groups is 1. The molecule has 4 rings (SSSR count). The summed E-state index contributed by atoms with van der Waals surface area (Å²) in [6.45, 7) is 1.85. The molecule has 0 saturated heterocycles. The molecule has 0 bridgehead atoms. The van der Waals surface area contributed by atoms with Gasteiger partial charge in [-0.05, 0) is 49.1 Å². The van der Waals surface area contributed by atoms with Crippen molar-refractivity contribution < 1.29 is 14.7 Å². The number of nitrogens with one attached hydrogen (secondary N) is 2. The molecule has 1 fully saturated rings. The van der Waals surface area contributed by atoms with Crippen molar-refractivity contribution in [2.24, 2.45) is 0 Å². The minimum atomic E-state index is -0.850. The molecule has 1 aliphatic carbocycles. The van der Waals surface area contributed by atoms with Crippen molar-refractivity contribution >= 4 is 46.7 Å². The van der Waals surface area contributed by atoms with E-state index in [0.29, 0.717) is 28.9 Å². The van der Waals surface area contributed by atoms with Crippen molar-refractivity contribution in [2.75, 3.05) is 10.6 Å². The van der Waals surface area contributed by atoms with E-state index in [1.807, 2.05) is 25.1 Å². The van der Waals surface area contributed by atoms with Crippen LogP contribution in [0.15, 0.2) is 48.5 Å². The van der Waals surface area contributed by atoms with Crippen LogP contribution >= 0.6 is 23.2 Å². The molecule has 2 aromatic carbocycles. The number of hydrogen-bond donors (Lipinski definition) is 3. The smallest absolute Gasteiger partial charge is 0.324 e. The van der Waals surface area contributed by atoms with Crippen LogP contribution in [0.3, 0.4) is 0 Å². The molecular weight excluding hydrogens is 475 g/mol. The summed E-state index contributed by atoms with van der Waals surface area (Å²) in [6, 6.07) is 13.7. The minimum absolute atomic E-state index is 0.263. The summed E-state index contributed by atoms with van der Waals surface area (Å²) in [7, 11) is 0. The van der Waals surface area contributed by atoms with E-state index in [9.17, 15) is 14.7 Å². The van der Waals surface area contributed by atoms with Crippen LogP contribution in [0, 0.1) is 0 Å². The van der Waals surface area contributed by atoms with E-state index in [0.717, 1.165) is 42.6 Å². The van der Waals surface area contributed by atoms with Crippen LogP contribution in [0.5, 0.6) is 0 Å². The third-order valence-electron chi connectivity index (χ3n) is 6.19. The van der Waals surface area contributed by atoms with Crippen molar-refractivity contribution in [2.45, 2.75) is 50.9 Å². The Bertz CT molecular complexity index is 1190. The Hall–Kier alpha value is -3.03. The monoisotopic (exact) mass is 500 g/mol. The predicted molar refractivity (Wildman–Crippen MR) is 135 cm³/mol. The molecule has 7 nitrogen and oxygen atoms in total. The maximum atomic E-state index is 12.8. The Labute approximate surface area is 208 Å². The first-order chi connectivity index (χ1) is 16.4. The maximum absolute atomic E-state index is 12.8. The first-order valence-electron chi connectivity index (χ1n) is 11.3. The van der Waals surface area contributed by atoms with Crippen molar-refractivity contribution in [3.63, 3.8) is 0 Å². The van der Waals surface area contributed by atoms with Crippen LogP contribution in [0.1, 0.15) is 62.1 Å². The fourth-order valence-electron chi connectivity index (χ4n) is 4.38. The van der Waals surface area contributed by atoms with Gasteiger partial charge < -0.3 is 10.4 Å². The Morgan fingerprint density at radius 1 is 1.12 bits per heavy atom. The molecule has 2 amide bonds. The van der Waals surface area contributed by atoms with Crippen molar-refractivity contribution in [1.82, 2.24) is 9.78 Å². The van der Waals surface area contributed by atoms with Gasteiger partial charge in [0, 0.05) is 12.0 Å². The second-order valence-electron chi connectivity index (χ2n) is 8.42. The van der Waals surface area contributed by atoms with Gasteiger partial charge in [-0.1, -0.05) is 61.2 Å². The van der Waals surface area contributed by atoms with Crippen molar-refractivity contribution in [3.05, 3.63) is 69.8 Å². The number of aromatic nitrogens is 2. The number of halogens is 2. The number of carboxylic acid groups (broad SMARTS) is 1. The molecule has 3 aromatic rings. The molecule has 178 valence electrons. The number of rotatable bonds is 7. The van der Waals surface area contributed by atoms with Crippen molar-refractivity contribution in [3.8, 4) is 5.69 Å². The standard InChI is InChI=1S/C25H26Cl2N4O3/c1-2-18(24(32)33)15-10-12-17(13-11-15)31-22(14-21(30-31)16-6-3-4-7-16)29-25(34)28-20-9-5-8-19(26)23(20)27/h5,8-14,16,18H,2-4,6-7H2,1H3,(H,32,33)(H2,28,29,34). The van der Waals surface area contributed by atoms with Gasteiger partial charge in [-0.15, -0.1) is 0 Å². The Morgan fingerprint density at radius 3 is 2.47 bits per heavy atom. The summed E-state index contributed by atoms with van der Waals surface area (Å²) < 4.78 is 1.68. The predicted octanol–water partition coefficient (Wildman–Crippen LogP) is 7.06. The number of carbonyl (C=O) groups is 2. The van der Waals surface area contributed by atoms with Gasteiger partial charge >= 0.3 is 12.0 Å². The lowest BCUT2D eigenvalue weighted by molar-refractivity contribution is -0.138. The van der Waals surface area contributed by atoms with Gasteiger partial charge in [0.15, 0.2) is 0 Å². The minimum Gasteiger partial charge on any atom is -0.481 e. The number of amides is 2. The molecule has 1 aromatic heterocycles. The summed E-state index contributed by atoms with van der Waals surface area (Å²) in [6.07, 6.45) is 4.96. The summed E-state index contributed by atoms with van der Waals surface area (Å²) in [4.78, 5) is 24.3. The fraction of sp³-hybridized carbons (Fsp3) is 0.320. The molecule has 1 unspecified atom stereocenters. The third kappa shape index (κ3) is 5.21. The highest BCUT2D eigenvalue weighted by Gasteiger charge is 2.23. The van der Waals surface area contributed by atoms with E-state index in [2.05, 4.69) is 10.6 Å². The molecule has 0 aliphatic heterocycles. The van der Waals surface area contributed by atoms with Gasteiger partial charge in [0.25, 0.3) is 0 Å². The van der Waals surface area contributed by atoms with Crippen LogP contribution in [0.25, 0.3) is 5.69 Å². The third-order valence-corrected chi connectivity index (χ3v) is 7.01. The second kappa shape index (κ2) is 10.5. The van der Waals surface area contributed by atoms with E-state index in [1.54, 1.807) is 35.0 Å². The first kappa shape index (κ1) is 24.1. The highest BCUT2D eigenvalue weighted by atomic mass is 35.5. The van der Waals surface area contributed by atoms with Gasteiger partial charge in [0.2, 0.25) is 0 Å². The lowest BCUT2D eigenvalue weighted by atomic mass is 9.96. The Balaban J connectivity index is 1.62. The SMILES string of the molecule is CCC(C(=O)O)c1ccc(-n2nc(C3CCCC3)cc2NC(=O)Nc2cccc(Cl)c2Cl)cc1. The van der Waals surface area contributed by atoms with Gasteiger partial charge in [-0.3, -0.25) is 10.1 Å². The van der Waals surface area contributed by atoms with Crippen LogP contribution in [-0.2, 0) is 4.79 Å². The molecule has 0 radical (unpaired) electrons. The van der Waals surface area contributed by atoms with Crippen LogP contribution in [0.4, 0.5) is 16.3 Å². The van der Waals surface area contributed by atoms with Crippen LogP contribution < -0.4 is 10.6 Å². The Morgan fingerprint density at radius 2 is 1.82 bits per heavy atom. The first-order valence-corrected chi connectivity index (χ1v) is 12.1. The zero-order chi connectivity index (χ0) is 24.2. The van der Waals surface area contributed by atoms with Crippen molar-refractivity contribution in [1.29, 1.82) is 0 Å². The topological polar surface area (TPSA) is 96.2 Å². The maximum Gasteiger partial charge on any atom is 0.324 e. The molecule has 3 N–H and O–H groups in total. The molecule has 0 spiro atoms. The normalized spacial score (nSPS) is 14.7. The summed E-state index contributed by atoms with van der Waals surface area (Å²) in [5.74, 6) is -0.554. The summed E-state index contributed by atoms with van der Waals surface area (Å²) in [5, 5.41) is 20.5. The van der Waals surface area contributed by atoms with Gasteiger partial charge in [0.1, 0.15) is 5.82 Å². The lowest BCUT2D eigenvalue weighted by Crippen LogP contribution is -2.21. The van der Waals surface area contributed by atoms with E-state index < -0.39 is 17.9 Å². The number of hydrogen-bond acceptors (Lipinski definition) is 3. The van der Waals surface area contributed by atoms with Gasteiger partial charge in [0.05, 0.1) is 33.0 Å². The number of carboxylic acids is 1. The van der Waals surface area contributed by atoms with E-state index in [1.165, 1.54) is 0 Å². The average molecular weight is 501 g/mol. The fourth-order valence-corrected chi connectivity index (χ4v) is 4.73. The Kier molecular flexibility index (Phi) is 7.44. The van der Waals surface area contributed by atoms with Gasteiger partial charge in [-0.25, -0.2) is 9.48 Å². The average Bonchev–Trinajstić information content (AvgIpc) is 3.48. The van der Waals surface area contributed by atoms with E-state index in [4.69, 9.17) is 28.3 Å². The second-order valence-corrected chi connectivity index (χ2v) is 9.20. The molecule has 9 heteroatoms. The molecule has 1 heterocycles. The number of benzene rings is 2. The van der Waals surface area contributed by atoms with Crippen LogP contribution in [0.2, 0.25) is 10.0 Å². The van der Waals surface area contributed by atoms with Gasteiger partial charge in [-0.2, -0.15) is 5.10 Å². The molecular formula is C25H26Cl2N4O3. The lowest BCUT2D eigenvalue weighted by Gasteiger charge is -2.13. The zero-order valence-corrected chi connectivity index (χ0v) is 20.2. The van der Waals surface area contributed by atoms with E-state index >= 15 is 0 Å². The molecule has 1 aliphatic rings.